The normalized spacial score (nSPS) is 16.2. The average molecular weight is 435 g/mol. The fourth-order valence-corrected chi connectivity index (χ4v) is 3.25. The molecule has 31 heavy (non-hydrogen) atoms. The molecule has 1 unspecified atom stereocenters. The van der Waals surface area contributed by atoms with Crippen LogP contribution in [0.4, 0.5) is 30.2 Å². The van der Waals surface area contributed by atoms with E-state index in [1.165, 1.54) is 18.9 Å². The zero-order chi connectivity index (χ0) is 22.8. The third-order valence-electron chi connectivity index (χ3n) is 4.80. The van der Waals surface area contributed by atoms with E-state index in [2.05, 4.69) is 10.6 Å². The number of ether oxygens (including phenoxy) is 1. The van der Waals surface area contributed by atoms with E-state index in [1.54, 1.807) is 24.3 Å². The standard InChI is InChI=1S/C21H20F3N3O4/c1-12(28)25-17-8-3-14(21(22,23)24)10-18(17)26-20(30)13-9-19(29)27(11-13)15-4-6-16(31-2)7-5-15/h3-8,10,13H,9,11H2,1-2H3,(H,25,28)(H,26,30). The van der Waals surface area contributed by atoms with Crippen LogP contribution in [0.15, 0.2) is 42.5 Å². The van der Waals surface area contributed by atoms with Gasteiger partial charge in [0, 0.05) is 25.6 Å². The lowest BCUT2D eigenvalue weighted by Crippen LogP contribution is -2.28. The summed E-state index contributed by atoms with van der Waals surface area (Å²) in [7, 11) is 1.51. The third kappa shape index (κ3) is 5.14. The first kappa shape index (κ1) is 22.1. The van der Waals surface area contributed by atoms with Gasteiger partial charge in [0.25, 0.3) is 0 Å². The minimum atomic E-state index is -4.62. The number of carbonyl (C=O) groups excluding carboxylic acids is 3. The molecule has 10 heteroatoms. The molecule has 1 saturated heterocycles. The van der Waals surface area contributed by atoms with E-state index in [1.807, 2.05) is 0 Å². The Kier molecular flexibility index (Phi) is 6.19. The molecule has 0 saturated carbocycles. The summed E-state index contributed by atoms with van der Waals surface area (Å²) in [5, 5.41) is 4.82. The molecule has 7 nitrogen and oxygen atoms in total. The highest BCUT2D eigenvalue weighted by Gasteiger charge is 2.36. The topological polar surface area (TPSA) is 87.7 Å². The maximum atomic E-state index is 13.1. The van der Waals surface area contributed by atoms with Gasteiger partial charge >= 0.3 is 6.18 Å². The van der Waals surface area contributed by atoms with Crippen LogP contribution in [-0.2, 0) is 20.6 Å². The first-order valence-corrected chi connectivity index (χ1v) is 9.32. The second kappa shape index (κ2) is 8.66. The molecule has 0 aliphatic carbocycles. The number of nitrogens with zero attached hydrogens (tertiary/aromatic N) is 1. The number of nitrogens with one attached hydrogen (secondary N) is 2. The van der Waals surface area contributed by atoms with E-state index in [-0.39, 0.29) is 30.2 Å². The van der Waals surface area contributed by atoms with Gasteiger partial charge in [0.15, 0.2) is 0 Å². The summed E-state index contributed by atoms with van der Waals surface area (Å²) in [5.74, 6) is -1.56. The van der Waals surface area contributed by atoms with Crippen LogP contribution in [0.1, 0.15) is 18.9 Å². The van der Waals surface area contributed by atoms with Crippen LogP contribution in [0.5, 0.6) is 5.75 Å². The zero-order valence-electron chi connectivity index (χ0n) is 16.7. The largest absolute Gasteiger partial charge is 0.497 e. The van der Waals surface area contributed by atoms with E-state index in [9.17, 15) is 27.6 Å². The highest BCUT2D eigenvalue weighted by molar-refractivity contribution is 6.05. The Morgan fingerprint density at radius 1 is 1.06 bits per heavy atom. The molecule has 2 aromatic carbocycles. The third-order valence-corrected chi connectivity index (χ3v) is 4.80. The number of alkyl halides is 3. The predicted molar refractivity (Wildman–Crippen MR) is 108 cm³/mol. The van der Waals surface area contributed by atoms with Crippen molar-refractivity contribution in [3.8, 4) is 5.75 Å². The lowest BCUT2D eigenvalue weighted by Gasteiger charge is -2.18. The van der Waals surface area contributed by atoms with Gasteiger partial charge in [0.2, 0.25) is 17.7 Å². The molecule has 1 aliphatic heterocycles. The highest BCUT2D eigenvalue weighted by Crippen LogP contribution is 2.35. The van der Waals surface area contributed by atoms with E-state index in [0.717, 1.165) is 18.2 Å². The number of hydrogen-bond acceptors (Lipinski definition) is 4. The predicted octanol–water partition coefficient (Wildman–Crippen LogP) is 3.66. The Bertz CT molecular complexity index is 1010. The Morgan fingerprint density at radius 2 is 1.74 bits per heavy atom. The minimum Gasteiger partial charge on any atom is -0.497 e. The maximum Gasteiger partial charge on any atom is 0.416 e. The quantitative estimate of drug-likeness (QED) is 0.750. The number of amides is 3. The van der Waals surface area contributed by atoms with E-state index >= 15 is 0 Å². The molecule has 1 heterocycles. The Balaban J connectivity index is 1.79. The molecule has 1 aliphatic rings. The maximum absolute atomic E-state index is 13.1. The van der Waals surface area contributed by atoms with Gasteiger partial charge in [-0.15, -0.1) is 0 Å². The van der Waals surface area contributed by atoms with Gasteiger partial charge in [-0.25, -0.2) is 0 Å². The van der Waals surface area contributed by atoms with Crippen molar-refractivity contribution in [2.24, 2.45) is 5.92 Å². The first-order chi connectivity index (χ1) is 14.6. The van der Waals surface area contributed by atoms with Crippen molar-refractivity contribution < 1.29 is 32.3 Å². The second-order valence-corrected chi connectivity index (χ2v) is 7.03. The zero-order valence-corrected chi connectivity index (χ0v) is 16.7. The number of anilines is 3. The van der Waals surface area contributed by atoms with Crippen LogP contribution in [0, 0.1) is 5.92 Å². The Hall–Kier alpha value is -3.56. The summed E-state index contributed by atoms with van der Waals surface area (Å²) in [6, 6.07) is 9.35. The summed E-state index contributed by atoms with van der Waals surface area (Å²) < 4.78 is 44.3. The molecule has 0 bridgehead atoms. The molecule has 2 N–H and O–H groups in total. The molecule has 1 fully saturated rings. The van der Waals surface area contributed by atoms with Gasteiger partial charge in [-0.05, 0) is 42.5 Å². The molecule has 2 aromatic rings. The molecular weight excluding hydrogens is 415 g/mol. The number of rotatable bonds is 5. The van der Waals surface area contributed by atoms with Crippen molar-refractivity contribution in [1.29, 1.82) is 0 Å². The average Bonchev–Trinajstić information content (AvgIpc) is 3.10. The van der Waals surface area contributed by atoms with Crippen LogP contribution in [0.3, 0.4) is 0 Å². The molecule has 0 aromatic heterocycles. The molecule has 3 amide bonds. The summed E-state index contributed by atoms with van der Waals surface area (Å²) >= 11 is 0. The van der Waals surface area contributed by atoms with Gasteiger partial charge in [-0.1, -0.05) is 0 Å². The van der Waals surface area contributed by atoms with E-state index < -0.39 is 29.5 Å². The summed E-state index contributed by atoms with van der Waals surface area (Å²) in [4.78, 5) is 37.9. The molecule has 1 atom stereocenters. The Labute approximate surface area is 176 Å². The fraction of sp³-hybridized carbons (Fsp3) is 0.286. The van der Waals surface area contributed by atoms with Crippen molar-refractivity contribution in [3.05, 3.63) is 48.0 Å². The van der Waals surface area contributed by atoms with Gasteiger partial charge < -0.3 is 20.3 Å². The fourth-order valence-electron chi connectivity index (χ4n) is 3.25. The lowest BCUT2D eigenvalue weighted by molar-refractivity contribution is -0.137. The van der Waals surface area contributed by atoms with Gasteiger partial charge in [-0.3, -0.25) is 14.4 Å². The van der Waals surface area contributed by atoms with Gasteiger partial charge in [0.1, 0.15) is 5.75 Å². The van der Waals surface area contributed by atoms with Crippen LogP contribution in [0.2, 0.25) is 0 Å². The van der Waals surface area contributed by atoms with Crippen LogP contribution in [0.25, 0.3) is 0 Å². The minimum absolute atomic E-state index is 0.0326. The number of carbonyl (C=O) groups is 3. The van der Waals surface area contributed by atoms with Crippen LogP contribution >= 0.6 is 0 Å². The van der Waals surface area contributed by atoms with Gasteiger partial charge in [0.05, 0.1) is 30.0 Å². The molecule has 0 radical (unpaired) electrons. The Morgan fingerprint density at radius 3 is 2.32 bits per heavy atom. The van der Waals surface area contributed by atoms with Crippen LogP contribution in [-0.4, -0.2) is 31.4 Å². The monoisotopic (exact) mass is 435 g/mol. The number of benzene rings is 2. The molecule has 0 spiro atoms. The highest BCUT2D eigenvalue weighted by atomic mass is 19.4. The van der Waals surface area contributed by atoms with Crippen molar-refractivity contribution >= 4 is 34.8 Å². The first-order valence-electron chi connectivity index (χ1n) is 9.32. The van der Waals surface area contributed by atoms with Crippen molar-refractivity contribution in [1.82, 2.24) is 0 Å². The number of halogens is 3. The number of hydrogen-bond donors (Lipinski definition) is 2. The smallest absolute Gasteiger partial charge is 0.416 e. The van der Waals surface area contributed by atoms with E-state index in [4.69, 9.17) is 4.74 Å². The molecule has 164 valence electrons. The molecule has 3 rings (SSSR count). The summed E-state index contributed by atoms with van der Waals surface area (Å²) in [6.45, 7) is 1.27. The van der Waals surface area contributed by atoms with Gasteiger partial charge in [-0.2, -0.15) is 13.2 Å². The molecular formula is C21H20F3N3O4. The van der Waals surface area contributed by atoms with Crippen molar-refractivity contribution in [2.75, 3.05) is 29.2 Å². The summed E-state index contributed by atoms with van der Waals surface area (Å²) in [5.41, 5.74) is -0.547. The lowest BCUT2D eigenvalue weighted by atomic mass is 10.1. The van der Waals surface area contributed by atoms with Crippen molar-refractivity contribution in [3.63, 3.8) is 0 Å². The van der Waals surface area contributed by atoms with Crippen LogP contribution < -0.4 is 20.3 Å². The SMILES string of the molecule is COc1ccc(N2CC(C(=O)Nc3cc(C(F)(F)F)ccc3NC(C)=O)CC2=O)cc1. The van der Waals surface area contributed by atoms with Crippen molar-refractivity contribution in [2.45, 2.75) is 19.5 Å². The number of methoxy groups -OCH3 is 1. The van der Waals surface area contributed by atoms with E-state index in [0.29, 0.717) is 11.4 Å². The summed E-state index contributed by atoms with van der Waals surface area (Å²) in [6.07, 6.45) is -4.71. The second-order valence-electron chi connectivity index (χ2n) is 7.03.